The Hall–Kier alpha value is -2.21. The van der Waals surface area contributed by atoms with Crippen molar-refractivity contribution in [2.75, 3.05) is 12.4 Å². The van der Waals surface area contributed by atoms with Crippen molar-refractivity contribution in [1.82, 2.24) is 5.32 Å². The summed E-state index contributed by atoms with van der Waals surface area (Å²) < 4.78 is 13.3. The van der Waals surface area contributed by atoms with E-state index < -0.39 is 11.7 Å². The smallest absolute Gasteiger partial charge is 0.256 e. The minimum absolute atomic E-state index is 0.198. The van der Waals surface area contributed by atoms with Crippen molar-refractivity contribution in [3.63, 3.8) is 0 Å². The number of carbonyl (C=O) groups excluding carboxylic acids is 2. The number of benzene rings is 1. The number of rotatable bonds is 3. The zero-order valence-corrected chi connectivity index (χ0v) is 14.4. The highest BCUT2D eigenvalue weighted by Crippen LogP contribution is 2.39. The van der Waals surface area contributed by atoms with E-state index in [0.29, 0.717) is 16.5 Å². The fourth-order valence-electron chi connectivity index (χ4n) is 3.01. The number of anilines is 1. The van der Waals surface area contributed by atoms with Crippen molar-refractivity contribution < 1.29 is 14.0 Å². The van der Waals surface area contributed by atoms with E-state index >= 15 is 0 Å². The minimum Gasteiger partial charge on any atom is -0.355 e. The van der Waals surface area contributed by atoms with Crippen molar-refractivity contribution in [2.24, 2.45) is 5.92 Å². The lowest BCUT2D eigenvalue weighted by Gasteiger charge is -2.18. The van der Waals surface area contributed by atoms with Crippen LogP contribution >= 0.6 is 11.3 Å². The Bertz CT molecular complexity index is 800. The summed E-state index contributed by atoms with van der Waals surface area (Å²) >= 11 is 1.45. The van der Waals surface area contributed by atoms with Crippen LogP contribution in [0, 0.1) is 11.7 Å². The molecular weight excluding hydrogens is 327 g/mol. The predicted octanol–water partition coefficient (Wildman–Crippen LogP) is 3.62. The molecule has 1 heterocycles. The Morgan fingerprint density at radius 1 is 1.29 bits per heavy atom. The minimum atomic E-state index is -0.464. The van der Waals surface area contributed by atoms with Gasteiger partial charge in [-0.2, -0.15) is 0 Å². The summed E-state index contributed by atoms with van der Waals surface area (Å²) in [6.45, 7) is 2.19. The van der Waals surface area contributed by atoms with E-state index in [2.05, 4.69) is 17.6 Å². The van der Waals surface area contributed by atoms with Gasteiger partial charge in [0.15, 0.2) is 0 Å². The number of carbonyl (C=O) groups is 2. The normalized spacial score (nSPS) is 16.4. The van der Waals surface area contributed by atoms with Crippen molar-refractivity contribution in [1.29, 1.82) is 0 Å². The Morgan fingerprint density at radius 2 is 2.08 bits per heavy atom. The molecule has 0 saturated heterocycles. The molecular formula is C18H19FN2O2S. The van der Waals surface area contributed by atoms with E-state index in [4.69, 9.17) is 0 Å². The molecule has 0 aliphatic heterocycles. The number of thiophene rings is 1. The maximum Gasteiger partial charge on any atom is 0.256 e. The van der Waals surface area contributed by atoms with Crippen LogP contribution < -0.4 is 10.6 Å². The lowest BCUT2D eigenvalue weighted by Crippen LogP contribution is -2.22. The third-order valence-electron chi connectivity index (χ3n) is 4.28. The molecule has 1 aromatic carbocycles. The Labute approximate surface area is 144 Å². The van der Waals surface area contributed by atoms with Gasteiger partial charge in [-0.25, -0.2) is 4.39 Å². The van der Waals surface area contributed by atoms with Gasteiger partial charge in [0.2, 0.25) is 0 Å². The molecule has 2 aromatic rings. The molecule has 2 N–H and O–H groups in total. The standard InChI is InChI=1S/C18H19FN2O2S/c1-10-6-7-13-14(8-10)24-18(15(13)17(23)20-2)21-16(22)11-4-3-5-12(19)9-11/h3-5,9-10H,6-8H2,1-2H3,(H,20,23)(H,21,22). The highest BCUT2D eigenvalue weighted by molar-refractivity contribution is 7.17. The SMILES string of the molecule is CNC(=O)c1c(NC(=O)c2cccc(F)c2)sc2c1CCC(C)C2. The van der Waals surface area contributed by atoms with Crippen LogP contribution in [0.1, 0.15) is 44.5 Å². The largest absolute Gasteiger partial charge is 0.355 e. The maximum absolute atomic E-state index is 13.3. The van der Waals surface area contributed by atoms with Gasteiger partial charge in [-0.3, -0.25) is 9.59 Å². The fraction of sp³-hybridized carbons (Fsp3) is 0.333. The highest BCUT2D eigenvalue weighted by atomic mass is 32.1. The van der Waals surface area contributed by atoms with Crippen LogP contribution in [-0.4, -0.2) is 18.9 Å². The molecule has 1 atom stereocenters. The second-order valence-corrected chi connectivity index (χ2v) is 7.20. The maximum atomic E-state index is 13.3. The summed E-state index contributed by atoms with van der Waals surface area (Å²) in [5.74, 6) is -0.503. The number of amides is 2. The first-order valence-electron chi connectivity index (χ1n) is 7.93. The molecule has 0 radical (unpaired) electrons. The van der Waals surface area contributed by atoms with Crippen molar-refractivity contribution >= 4 is 28.2 Å². The molecule has 3 rings (SSSR count). The van der Waals surface area contributed by atoms with Crippen LogP contribution in [0.3, 0.4) is 0 Å². The Balaban J connectivity index is 1.95. The van der Waals surface area contributed by atoms with Crippen LogP contribution in [0.25, 0.3) is 0 Å². The molecule has 0 bridgehead atoms. The van der Waals surface area contributed by atoms with Gasteiger partial charge in [0, 0.05) is 17.5 Å². The summed E-state index contributed by atoms with van der Waals surface area (Å²) in [5.41, 5.74) is 1.82. The lowest BCUT2D eigenvalue weighted by atomic mass is 9.88. The Morgan fingerprint density at radius 3 is 2.79 bits per heavy atom. The first-order chi connectivity index (χ1) is 11.5. The van der Waals surface area contributed by atoms with Crippen molar-refractivity contribution in [2.45, 2.75) is 26.2 Å². The third-order valence-corrected chi connectivity index (χ3v) is 5.45. The van der Waals surface area contributed by atoms with Gasteiger partial charge in [0.05, 0.1) is 5.56 Å². The number of halogens is 1. The van der Waals surface area contributed by atoms with Gasteiger partial charge in [-0.15, -0.1) is 11.3 Å². The molecule has 1 aliphatic carbocycles. The summed E-state index contributed by atoms with van der Waals surface area (Å²) in [6, 6.07) is 5.51. The van der Waals surface area contributed by atoms with Crippen LogP contribution in [0.4, 0.5) is 9.39 Å². The van der Waals surface area contributed by atoms with E-state index in [1.165, 1.54) is 29.5 Å². The summed E-state index contributed by atoms with van der Waals surface area (Å²) in [4.78, 5) is 25.9. The average Bonchev–Trinajstić information content (AvgIpc) is 2.90. The van der Waals surface area contributed by atoms with E-state index in [-0.39, 0.29) is 11.5 Å². The van der Waals surface area contributed by atoms with Crippen LogP contribution in [-0.2, 0) is 12.8 Å². The molecule has 1 aliphatic rings. The number of nitrogens with one attached hydrogen (secondary N) is 2. The second-order valence-electron chi connectivity index (χ2n) is 6.10. The number of hydrogen-bond acceptors (Lipinski definition) is 3. The van der Waals surface area contributed by atoms with Crippen LogP contribution in [0.15, 0.2) is 24.3 Å². The fourth-order valence-corrected chi connectivity index (χ4v) is 4.41. The summed E-state index contributed by atoms with van der Waals surface area (Å²) in [6.07, 6.45) is 2.79. The first kappa shape index (κ1) is 16.6. The van der Waals surface area contributed by atoms with Gasteiger partial charge in [-0.1, -0.05) is 13.0 Å². The molecule has 1 unspecified atom stereocenters. The predicted molar refractivity (Wildman–Crippen MR) is 93.3 cm³/mol. The first-order valence-corrected chi connectivity index (χ1v) is 8.74. The number of fused-ring (bicyclic) bond motifs is 1. The molecule has 126 valence electrons. The summed E-state index contributed by atoms with van der Waals surface area (Å²) in [7, 11) is 1.58. The molecule has 4 nitrogen and oxygen atoms in total. The number of hydrogen-bond donors (Lipinski definition) is 2. The van der Waals surface area contributed by atoms with Crippen molar-refractivity contribution in [3.05, 3.63) is 51.7 Å². The molecule has 0 saturated carbocycles. The molecule has 6 heteroatoms. The molecule has 0 fully saturated rings. The van der Waals surface area contributed by atoms with Gasteiger partial charge < -0.3 is 10.6 Å². The van der Waals surface area contributed by atoms with Gasteiger partial charge in [0.25, 0.3) is 11.8 Å². The quantitative estimate of drug-likeness (QED) is 0.892. The molecule has 24 heavy (non-hydrogen) atoms. The van der Waals surface area contributed by atoms with Crippen LogP contribution in [0.2, 0.25) is 0 Å². The zero-order chi connectivity index (χ0) is 17.3. The average molecular weight is 346 g/mol. The van der Waals surface area contributed by atoms with E-state index in [0.717, 1.165) is 29.7 Å². The second kappa shape index (κ2) is 6.73. The topological polar surface area (TPSA) is 58.2 Å². The third kappa shape index (κ3) is 3.19. The van der Waals surface area contributed by atoms with Gasteiger partial charge >= 0.3 is 0 Å². The van der Waals surface area contributed by atoms with Crippen LogP contribution in [0.5, 0.6) is 0 Å². The highest BCUT2D eigenvalue weighted by Gasteiger charge is 2.28. The van der Waals surface area contributed by atoms with Crippen molar-refractivity contribution in [3.8, 4) is 0 Å². The lowest BCUT2D eigenvalue weighted by molar-refractivity contribution is 0.0963. The monoisotopic (exact) mass is 346 g/mol. The summed E-state index contributed by atoms with van der Waals surface area (Å²) in [5, 5.41) is 5.99. The molecule has 1 aromatic heterocycles. The molecule has 0 spiro atoms. The zero-order valence-electron chi connectivity index (χ0n) is 13.6. The van der Waals surface area contributed by atoms with E-state index in [1.807, 2.05) is 0 Å². The van der Waals surface area contributed by atoms with Gasteiger partial charge in [0.1, 0.15) is 10.8 Å². The molecule has 2 amide bonds. The van der Waals surface area contributed by atoms with E-state index in [9.17, 15) is 14.0 Å². The van der Waals surface area contributed by atoms with Gasteiger partial charge in [-0.05, 0) is 48.9 Å². The van der Waals surface area contributed by atoms with E-state index in [1.54, 1.807) is 13.1 Å². The Kier molecular flexibility index (Phi) is 4.66.